The zero-order valence-corrected chi connectivity index (χ0v) is 20.0. The van der Waals surface area contributed by atoms with Gasteiger partial charge < -0.3 is 20.1 Å². The highest BCUT2D eigenvalue weighted by molar-refractivity contribution is 5.81. The number of hydrazone groups is 1. The SMILES string of the molecule is COc1ccc(/C=N\Nc2nc(Nc3cccc(C)c3C)nc(N3CCC(C)CC3)n2)cc1O. The molecule has 0 saturated carbocycles. The summed E-state index contributed by atoms with van der Waals surface area (Å²) >= 11 is 0. The van der Waals surface area contributed by atoms with Crippen LogP contribution in [0.5, 0.6) is 11.5 Å². The maximum atomic E-state index is 9.97. The van der Waals surface area contributed by atoms with Crippen molar-refractivity contribution in [3.63, 3.8) is 0 Å². The van der Waals surface area contributed by atoms with Gasteiger partial charge >= 0.3 is 0 Å². The summed E-state index contributed by atoms with van der Waals surface area (Å²) in [6.07, 6.45) is 3.80. The molecular formula is C25H31N7O2. The fourth-order valence-corrected chi connectivity index (χ4v) is 3.78. The number of methoxy groups -OCH3 is 1. The molecule has 0 unspecified atom stereocenters. The van der Waals surface area contributed by atoms with Crippen LogP contribution in [0.15, 0.2) is 41.5 Å². The Hall–Kier alpha value is -3.88. The standard InChI is InChI=1S/C25H31N7O2/c1-16-10-12-32(13-11-16)25-29-23(27-20-7-5-6-17(2)18(20)3)28-24(30-25)31-26-15-19-8-9-22(34-4)21(33)14-19/h5-9,14-16,33H,10-13H2,1-4H3,(H2,27,28,29,30,31)/b26-15-. The van der Waals surface area contributed by atoms with Crippen LogP contribution in [0.2, 0.25) is 0 Å². The van der Waals surface area contributed by atoms with E-state index in [0.29, 0.717) is 35.1 Å². The second-order valence-electron chi connectivity index (χ2n) is 8.63. The Morgan fingerprint density at radius 1 is 1.09 bits per heavy atom. The first-order valence-electron chi connectivity index (χ1n) is 11.4. The molecule has 2 heterocycles. The third-order valence-electron chi connectivity index (χ3n) is 6.12. The van der Waals surface area contributed by atoms with E-state index in [1.165, 1.54) is 12.7 Å². The van der Waals surface area contributed by atoms with Crippen LogP contribution < -0.4 is 20.4 Å². The normalized spacial score (nSPS) is 14.4. The minimum absolute atomic E-state index is 0.0493. The molecule has 0 spiro atoms. The molecule has 3 N–H and O–H groups in total. The first-order chi connectivity index (χ1) is 16.4. The number of aromatic hydroxyl groups is 1. The predicted molar refractivity (Wildman–Crippen MR) is 136 cm³/mol. The molecular weight excluding hydrogens is 430 g/mol. The van der Waals surface area contributed by atoms with Gasteiger partial charge in [-0.25, -0.2) is 5.43 Å². The van der Waals surface area contributed by atoms with Gasteiger partial charge in [-0.3, -0.25) is 0 Å². The number of phenolic OH excluding ortho intramolecular Hbond substituents is 1. The number of hydrogen-bond acceptors (Lipinski definition) is 9. The van der Waals surface area contributed by atoms with E-state index in [-0.39, 0.29) is 5.75 Å². The second-order valence-corrected chi connectivity index (χ2v) is 8.63. The summed E-state index contributed by atoms with van der Waals surface area (Å²) < 4.78 is 5.08. The molecule has 0 amide bonds. The number of phenols is 1. The summed E-state index contributed by atoms with van der Waals surface area (Å²) in [5.74, 6) is 2.57. The zero-order chi connectivity index (χ0) is 24.1. The summed E-state index contributed by atoms with van der Waals surface area (Å²) in [5.41, 5.74) is 6.90. The van der Waals surface area contributed by atoms with Crippen LogP contribution in [0.25, 0.3) is 0 Å². The zero-order valence-electron chi connectivity index (χ0n) is 20.0. The van der Waals surface area contributed by atoms with Crippen molar-refractivity contribution >= 4 is 29.7 Å². The van der Waals surface area contributed by atoms with Crippen molar-refractivity contribution in [1.82, 2.24) is 15.0 Å². The number of piperidine rings is 1. The molecule has 1 saturated heterocycles. The molecule has 1 aliphatic rings. The third kappa shape index (κ3) is 5.54. The van der Waals surface area contributed by atoms with Crippen molar-refractivity contribution in [3.8, 4) is 11.5 Å². The van der Waals surface area contributed by atoms with E-state index >= 15 is 0 Å². The molecule has 1 aliphatic heterocycles. The average Bonchev–Trinajstić information content (AvgIpc) is 2.82. The molecule has 0 atom stereocenters. The molecule has 1 aromatic heterocycles. The summed E-state index contributed by atoms with van der Waals surface area (Å²) in [6, 6.07) is 11.1. The van der Waals surface area contributed by atoms with Crippen LogP contribution >= 0.6 is 0 Å². The maximum Gasteiger partial charge on any atom is 0.250 e. The van der Waals surface area contributed by atoms with Crippen LogP contribution in [-0.4, -0.2) is 46.5 Å². The molecule has 9 heteroatoms. The Kier molecular flexibility index (Phi) is 7.10. The monoisotopic (exact) mass is 461 g/mol. The Morgan fingerprint density at radius 3 is 2.59 bits per heavy atom. The fourth-order valence-electron chi connectivity index (χ4n) is 3.78. The lowest BCUT2D eigenvalue weighted by Gasteiger charge is -2.30. The van der Waals surface area contributed by atoms with Crippen LogP contribution in [0.3, 0.4) is 0 Å². The predicted octanol–water partition coefficient (Wildman–Crippen LogP) is 4.63. The number of hydrogen-bond donors (Lipinski definition) is 3. The van der Waals surface area contributed by atoms with E-state index in [4.69, 9.17) is 9.72 Å². The van der Waals surface area contributed by atoms with Crippen molar-refractivity contribution < 1.29 is 9.84 Å². The van der Waals surface area contributed by atoms with Gasteiger partial charge in [-0.1, -0.05) is 19.1 Å². The Bertz CT molecular complexity index is 1170. The lowest BCUT2D eigenvalue weighted by Crippen LogP contribution is -2.34. The summed E-state index contributed by atoms with van der Waals surface area (Å²) in [6.45, 7) is 8.23. The molecule has 9 nitrogen and oxygen atoms in total. The van der Waals surface area contributed by atoms with Crippen LogP contribution in [0.1, 0.15) is 36.5 Å². The van der Waals surface area contributed by atoms with Crippen LogP contribution in [-0.2, 0) is 0 Å². The van der Waals surface area contributed by atoms with Crippen molar-refractivity contribution in [2.45, 2.75) is 33.6 Å². The number of nitrogens with one attached hydrogen (secondary N) is 2. The lowest BCUT2D eigenvalue weighted by molar-refractivity contribution is 0.373. The minimum atomic E-state index is 0.0493. The van der Waals surface area contributed by atoms with Crippen molar-refractivity contribution in [2.24, 2.45) is 11.0 Å². The summed E-state index contributed by atoms with van der Waals surface area (Å²) in [5, 5.41) is 17.6. The quantitative estimate of drug-likeness (QED) is 0.345. The van der Waals surface area contributed by atoms with Gasteiger partial charge in [-0.2, -0.15) is 20.1 Å². The van der Waals surface area contributed by atoms with Gasteiger partial charge in [0.05, 0.1) is 13.3 Å². The van der Waals surface area contributed by atoms with E-state index in [9.17, 15) is 5.11 Å². The van der Waals surface area contributed by atoms with Crippen LogP contribution in [0.4, 0.5) is 23.5 Å². The van der Waals surface area contributed by atoms with Gasteiger partial charge in [0.25, 0.3) is 0 Å². The number of ether oxygens (including phenoxy) is 1. The van der Waals surface area contributed by atoms with Gasteiger partial charge in [-0.15, -0.1) is 0 Å². The number of aryl methyl sites for hydroxylation is 1. The molecule has 0 aliphatic carbocycles. The van der Waals surface area contributed by atoms with Crippen molar-refractivity contribution in [3.05, 3.63) is 53.1 Å². The van der Waals surface area contributed by atoms with Gasteiger partial charge in [0.2, 0.25) is 17.8 Å². The van der Waals surface area contributed by atoms with Crippen LogP contribution in [0, 0.1) is 19.8 Å². The van der Waals surface area contributed by atoms with Gasteiger partial charge in [0.15, 0.2) is 11.5 Å². The average molecular weight is 462 g/mol. The number of benzene rings is 2. The Labute approximate surface area is 199 Å². The maximum absolute atomic E-state index is 9.97. The molecule has 3 aromatic rings. The fraction of sp³-hybridized carbons (Fsp3) is 0.360. The Morgan fingerprint density at radius 2 is 1.85 bits per heavy atom. The number of aromatic nitrogens is 3. The second kappa shape index (κ2) is 10.4. The Balaban J connectivity index is 1.58. The summed E-state index contributed by atoms with van der Waals surface area (Å²) in [4.78, 5) is 16.0. The first kappa shape index (κ1) is 23.3. The van der Waals surface area contributed by atoms with Crippen molar-refractivity contribution in [2.75, 3.05) is 35.8 Å². The number of anilines is 4. The number of rotatable bonds is 7. The van der Waals surface area contributed by atoms with E-state index < -0.39 is 0 Å². The molecule has 34 heavy (non-hydrogen) atoms. The molecule has 1 fully saturated rings. The highest BCUT2D eigenvalue weighted by atomic mass is 16.5. The van der Waals surface area contributed by atoms with E-state index in [0.717, 1.165) is 37.2 Å². The smallest absolute Gasteiger partial charge is 0.250 e. The first-order valence-corrected chi connectivity index (χ1v) is 11.4. The largest absolute Gasteiger partial charge is 0.504 e. The molecule has 0 radical (unpaired) electrons. The van der Waals surface area contributed by atoms with Gasteiger partial charge in [0.1, 0.15) is 0 Å². The third-order valence-corrected chi connectivity index (χ3v) is 6.12. The molecule has 0 bridgehead atoms. The molecule has 178 valence electrons. The van der Waals surface area contributed by atoms with E-state index in [1.807, 2.05) is 12.1 Å². The molecule has 4 rings (SSSR count). The highest BCUT2D eigenvalue weighted by Gasteiger charge is 2.20. The van der Waals surface area contributed by atoms with Gasteiger partial charge in [0, 0.05) is 18.8 Å². The highest BCUT2D eigenvalue weighted by Crippen LogP contribution is 2.26. The van der Waals surface area contributed by atoms with E-state index in [2.05, 4.69) is 57.5 Å². The van der Waals surface area contributed by atoms with Gasteiger partial charge in [-0.05, 0) is 73.6 Å². The lowest BCUT2D eigenvalue weighted by atomic mass is 10.00. The van der Waals surface area contributed by atoms with E-state index in [1.54, 1.807) is 24.4 Å². The van der Waals surface area contributed by atoms with Crippen molar-refractivity contribution in [1.29, 1.82) is 0 Å². The minimum Gasteiger partial charge on any atom is -0.504 e. The number of nitrogens with zero attached hydrogens (tertiary/aromatic N) is 5. The summed E-state index contributed by atoms with van der Waals surface area (Å²) in [7, 11) is 1.51. The molecule has 2 aromatic carbocycles. The topological polar surface area (TPSA) is 108 Å².